The molecule has 0 aliphatic rings. The van der Waals surface area contributed by atoms with Crippen LogP contribution >= 0.6 is 0 Å². The molecular weight excluding hydrogens is 238 g/mol. The zero-order chi connectivity index (χ0) is 13.8. The largest absolute Gasteiger partial charge is 0.437 e. The average molecular weight is 257 g/mol. The van der Waals surface area contributed by atoms with Crippen LogP contribution in [0, 0.1) is 0 Å². The van der Waals surface area contributed by atoms with E-state index < -0.39 is 0 Å². The Morgan fingerprint density at radius 1 is 1.16 bits per heavy atom. The lowest BCUT2D eigenvalue weighted by molar-refractivity contribution is 0.0987. The predicted octanol–water partition coefficient (Wildman–Crippen LogP) is 3.90. The van der Waals surface area contributed by atoms with Crippen molar-refractivity contribution < 1.29 is 9.21 Å². The molecule has 3 nitrogen and oxygen atoms in total. The second-order valence-corrected chi connectivity index (χ2v) is 4.90. The van der Waals surface area contributed by atoms with Crippen molar-refractivity contribution in [2.24, 2.45) is 0 Å². The summed E-state index contributed by atoms with van der Waals surface area (Å²) in [6.45, 7) is 6.50. The number of benzene rings is 1. The molecule has 3 heteroatoms. The highest BCUT2D eigenvalue weighted by Gasteiger charge is 2.16. The summed E-state index contributed by atoms with van der Waals surface area (Å²) in [6, 6.07) is 14.1. The number of carbonyl (C=O) groups excluding carboxylic acids is 1. The summed E-state index contributed by atoms with van der Waals surface area (Å²) in [6.07, 6.45) is 0. The molecule has 0 amide bonds. The lowest BCUT2D eigenvalue weighted by atomic mass is 10.2. The van der Waals surface area contributed by atoms with E-state index in [1.54, 1.807) is 6.07 Å². The number of carbonyl (C=O) groups is 1. The van der Waals surface area contributed by atoms with E-state index >= 15 is 0 Å². The minimum Gasteiger partial charge on any atom is -0.437 e. The second-order valence-electron chi connectivity index (χ2n) is 4.90. The van der Waals surface area contributed by atoms with Crippen LogP contribution in [0.2, 0.25) is 0 Å². The summed E-state index contributed by atoms with van der Waals surface area (Å²) in [7, 11) is 0. The molecule has 1 aromatic carbocycles. The highest BCUT2D eigenvalue weighted by atomic mass is 16.4. The molecule has 0 spiro atoms. The van der Waals surface area contributed by atoms with Gasteiger partial charge in [-0.1, -0.05) is 30.3 Å². The van der Waals surface area contributed by atoms with Crippen LogP contribution in [-0.4, -0.2) is 11.8 Å². The molecule has 1 heterocycles. The summed E-state index contributed by atoms with van der Waals surface area (Å²) < 4.78 is 5.62. The van der Waals surface area contributed by atoms with E-state index in [9.17, 15) is 4.79 Å². The van der Waals surface area contributed by atoms with Gasteiger partial charge in [-0.25, -0.2) is 0 Å². The molecule has 0 saturated heterocycles. The average Bonchev–Trinajstić information content (AvgIpc) is 2.86. The van der Waals surface area contributed by atoms with E-state index in [-0.39, 0.29) is 5.78 Å². The number of nitrogens with zero attached hydrogens (tertiary/aromatic N) is 1. The van der Waals surface area contributed by atoms with Crippen molar-refractivity contribution in [1.29, 1.82) is 0 Å². The van der Waals surface area contributed by atoms with Gasteiger partial charge in [-0.15, -0.1) is 0 Å². The number of hydrogen-bond acceptors (Lipinski definition) is 3. The van der Waals surface area contributed by atoms with E-state index in [1.165, 1.54) is 12.5 Å². The fourth-order valence-electron chi connectivity index (χ4n) is 1.97. The van der Waals surface area contributed by atoms with Crippen LogP contribution in [0.15, 0.2) is 46.9 Å². The molecule has 2 rings (SSSR count). The molecule has 100 valence electrons. The molecule has 0 N–H and O–H groups in total. The zero-order valence-corrected chi connectivity index (χ0v) is 11.6. The van der Waals surface area contributed by atoms with Gasteiger partial charge in [0.2, 0.25) is 0 Å². The molecule has 0 unspecified atom stereocenters. The number of Topliss-reactive ketones (excluding diaryl/α,β-unsaturated/α-hetero) is 1. The first kappa shape index (κ1) is 13.4. The Kier molecular flexibility index (Phi) is 4.05. The van der Waals surface area contributed by atoms with Gasteiger partial charge < -0.3 is 9.32 Å². The van der Waals surface area contributed by atoms with Gasteiger partial charge >= 0.3 is 0 Å². The third-order valence-electron chi connectivity index (χ3n) is 3.04. The van der Waals surface area contributed by atoms with Gasteiger partial charge in [-0.2, -0.15) is 0 Å². The molecule has 2 aromatic rings. The third-order valence-corrected chi connectivity index (χ3v) is 3.04. The number of anilines is 1. The molecule has 0 radical (unpaired) electrons. The first-order chi connectivity index (χ1) is 9.08. The van der Waals surface area contributed by atoms with Crippen LogP contribution < -0.4 is 4.90 Å². The smallest absolute Gasteiger partial charge is 0.196 e. The van der Waals surface area contributed by atoms with Crippen LogP contribution in [0.3, 0.4) is 0 Å². The molecule has 19 heavy (non-hydrogen) atoms. The minimum absolute atomic E-state index is 0.0466. The lowest BCUT2D eigenvalue weighted by Crippen LogP contribution is -2.29. The van der Waals surface area contributed by atoms with Crippen LogP contribution in [-0.2, 0) is 6.54 Å². The molecule has 0 atom stereocenters. The van der Waals surface area contributed by atoms with E-state index in [0.717, 1.165) is 12.4 Å². The first-order valence-corrected chi connectivity index (χ1v) is 6.49. The quantitative estimate of drug-likeness (QED) is 0.762. The fraction of sp³-hybridized carbons (Fsp3) is 0.312. The Morgan fingerprint density at radius 2 is 1.84 bits per heavy atom. The fourth-order valence-corrected chi connectivity index (χ4v) is 1.97. The van der Waals surface area contributed by atoms with Crippen molar-refractivity contribution in [2.45, 2.75) is 33.4 Å². The summed E-state index contributed by atoms with van der Waals surface area (Å²) in [4.78, 5) is 13.4. The highest BCUT2D eigenvalue weighted by molar-refractivity contribution is 5.91. The van der Waals surface area contributed by atoms with Crippen LogP contribution in [0.5, 0.6) is 0 Å². The van der Waals surface area contributed by atoms with Gasteiger partial charge in [0.1, 0.15) is 0 Å². The van der Waals surface area contributed by atoms with Crippen molar-refractivity contribution in [2.75, 3.05) is 4.90 Å². The minimum atomic E-state index is -0.0466. The van der Waals surface area contributed by atoms with Crippen molar-refractivity contribution >= 4 is 11.7 Å². The van der Waals surface area contributed by atoms with Crippen molar-refractivity contribution in [3.8, 4) is 0 Å². The monoisotopic (exact) mass is 257 g/mol. The van der Waals surface area contributed by atoms with Gasteiger partial charge in [-0.3, -0.25) is 4.79 Å². The zero-order valence-electron chi connectivity index (χ0n) is 11.6. The molecule has 0 bridgehead atoms. The van der Waals surface area contributed by atoms with E-state index in [0.29, 0.717) is 11.8 Å². The maximum atomic E-state index is 11.3. The molecule has 0 fully saturated rings. The van der Waals surface area contributed by atoms with Crippen molar-refractivity contribution in [3.63, 3.8) is 0 Å². The first-order valence-electron chi connectivity index (χ1n) is 6.49. The third kappa shape index (κ3) is 3.25. The maximum absolute atomic E-state index is 11.3. The number of rotatable bonds is 5. The van der Waals surface area contributed by atoms with E-state index in [2.05, 4.69) is 30.9 Å². The second kappa shape index (κ2) is 5.74. The SMILES string of the molecule is CC(=O)c1ccc(N(Cc2ccccc2)C(C)C)o1. The Morgan fingerprint density at radius 3 is 2.37 bits per heavy atom. The van der Waals surface area contributed by atoms with Crippen LogP contribution in [0.1, 0.15) is 36.9 Å². The number of ketones is 1. The van der Waals surface area contributed by atoms with Crippen LogP contribution in [0.4, 0.5) is 5.88 Å². The highest BCUT2D eigenvalue weighted by Crippen LogP contribution is 2.23. The Hall–Kier alpha value is -2.03. The van der Waals surface area contributed by atoms with Gasteiger partial charge in [-0.05, 0) is 25.5 Å². The van der Waals surface area contributed by atoms with Crippen LogP contribution in [0.25, 0.3) is 0 Å². The molecule has 0 aliphatic heterocycles. The van der Waals surface area contributed by atoms with Gasteiger partial charge in [0, 0.05) is 25.6 Å². The van der Waals surface area contributed by atoms with Crippen molar-refractivity contribution in [1.82, 2.24) is 0 Å². The number of furan rings is 1. The van der Waals surface area contributed by atoms with Gasteiger partial charge in [0.05, 0.1) is 0 Å². The lowest BCUT2D eigenvalue weighted by Gasteiger charge is -2.26. The Balaban J connectivity index is 2.22. The topological polar surface area (TPSA) is 33.5 Å². The maximum Gasteiger partial charge on any atom is 0.196 e. The summed E-state index contributed by atoms with van der Waals surface area (Å²) in [5.41, 5.74) is 1.22. The summed E-state index contributed by atoms with van der Waals surface area (Å²) in [5.74, 6) is 1.10. The standard InChI is InChI=1S/C16H19NO2/c1-12(2)17(11-14-7-5-4-6-8-14)16-10-9-15(19-16)13(3)18/h4-10,12H,11H2,1-3H3. The van der Waals surface area contributed by atoms with E-state index in [4.69, 9.17) is 4.42 Å². The Bertz CT molecular complexity index is 543. The Labute approximate surface area is 113 Å². The molecular formula is C16H19NO2. The normalized spacial score (nSPS) is 10.7. The van der Waals surface area contributed by atoms with Gasteiger partial charge in [0.15, 0.2) is 17.4 Å². The van der Waals surface area contributed by atoms with E-state index in [1.807, 2.05) is 24.3 Å². The van der Waals surface area contributed by atoms with Gasteiger partial charge in [0.25, 0.3) is 0 Å². The predicted molar refractivity (Wildman–Crippen MR) is 76.5 cm³/mol. The number of hydrogen-bond donors (Lipinski definition) is 0. The molecule has 0 aliphatic carbocycles. The van der Waals surface area contributed by atoms with Crippen molar-refractivity contribution in [3.05, 3.63) is 53.8 Å². The summed E-state index contributed by atoms with van der Waals surface area (Å²) >= 11 is 0. The molecule has 0 saturated carbocycles. The summed E-state index contributed by atoms with van der Waals surface area (Å²) in [5, 5.41) is 0. The molecule has 1 aromatic heterocycles.